The fourth-order valence-electron chi connectivity index (χ4n) is 1.71. The van der Waals surface area contributed by atoms with Crippen LogP contribution in [0.15, 0.2) is 18.3 Å². The molecule has 94 valence electrons. The first kappa shape index (κ1) is 14.1. The molecule has 1 atom stereocenters. The fourth-order valence-corrected chi connectivity index (χ4v) is 2.72. The van der Waals surface area contributed by atoms with Gasteiger partial charge in [0.25, 0.3) is 5.91 Å². The number of rotatable bonds is 1. The molecule has 2 N–H and O–H groups in total. The number of anilines is 1. The van der Waals surface area contributed by atoms with Crippen LogP contribution in [0.3, 0.4) is 0 Å². The Morgan fingerprint density at radius 3 is 2.94 bits per heavy atom. The second kappa shape index (κ2) is 6.12. The van der Waals surface area contributed by atoms with E-state index in [1.54, 1.807) is 12.1 Å². The quantitative estimate of drug-likeness (QED) is 0.846. The van der Waals surface area contributed by atoms with Gasteiger partial charge in [-0.2, -0.15) is 11.8 Å². The first-order valence-corrected chi connectivity index (χ1v) is 6.44. The molecule has 0 radical (unpaired) electrons. The van der Waals surface area contributed by atoms with E-state index in [1.807, 2.05) is 16.7 Å². The van der Waals surface area contributed by atoms with E-state index in [0.717, 1.165) is 18.1 Å². The monoisotopic (exact) mass is 273 g/mol. The Morgan fingerprint density at radius 1 is 1.59 bits per heavy atom. The minimum atomic E-state index is 0. The standard InChI is InChI=1S/C11H15N3OS.ClH/c1-8-7-16-5-4-14(8)11(15)10-3-2-9(12)6-13-10;/h2-3,6,8H,4-5,7,12H2,1H3;1H. The van der Waals surface area contributed by atoms with Crippen molar-refractivity contribution in [3.8, 4) is 0 Å². The summed E-state index contributed by atoms with van der Waals surface area (Å²) in [7, 11) is 0. The second-order valence-corrected chi connectivity index (χ2v) is 5.05. The van der Waals surface area contributed by atoms with E-state index in [9.17, 15) is 4.79 Å². The van der Waals surface area contributed by atoms with Gasteiger partial charge in [0.15, 0.2) is 0 Å². The van der Waals surface area contributed by atoms with Crippen LogP contribution in [-0.2, 0) is 0 Å². The van der Waals surface area contributed by atoms with Crippen LogP contribution in [0.25, 0.3) is 0 Å². The van der Waals surface area contributed by atoms with Crippen LogP contribution < -0.4 is 5.73 Å². The maximum absolute atomic E-state index is 12.1. The lowest BCUT2D eigenvalue weighted by molar-refractivity contribution is 0.0710. The van der Waals surface area contributed by atoms with Crippen LogP contribution in [-0.4, -0.2) is 39.9 Å². The zero-order valence-electron chi connectivity index (χ0n) is 9.63. The van der Waals surface area contributed by atoms with Crippen LogP contribution in [0, 0.1) is 0 Å². The molecule has 2 heterocycles. The number of carbonyl (C=O) groups is 1. The molecule has 4 nitrogen and oxygen atoms in total. The van der Waals surface area contributed by atoms with Gasteiger partial charge < -0.3 is 10.6 Å². The third kappa shape index (κ3) is 3.26. The predicted octanol–water partition coefficient (Wildman–Crippen LogP) is 1.66. The van der Waals surface area contributed by atoms with Crippen molar-refractivity contribution in [2.75, 3.05) is 23.8 Å². The van der Waals surface area contributed by atoms with E-state index < -0.39 is 0 Å². The van der Waals surface area contributed by atoms with Crippen molar-refractivity contribution >= 4 is 35.8 Å². The van der Waals surface area contributed by atoms with Crippen LogP contribution >= 0.6 is 24.2 Å². The van der Waals surface area contributed by atoms with Crippen molar-refractivity contribution in [2.45, 2.75) is 13.0 Å². The number of nitrogens with two attached hydrogens (primary N) is 1. The topological polar surface area (TPSA) is 59.2 Å². The lowest BCUT2D eigenvalue weighted by Gasteiger charge is -2.32. The summed E-state index contributed by atoms with van der Waals surface area (Å²) >= 11 is 1.89. The molecular weight excluding hydrogens is 258 g/mol. The van der Waals surface area contributed by atoms with Crippen LogP contribution in [0.1, 0.15) is 17.4 Å². The summed E-state index contributed by atoms with van der Waals surface area (Å²) in [6.07, 6.45) is 1.52. The van der Waals surface area contributed by atoms with Crippen LogP contribution in [0.2, 0.25) is 0 Å². The molecule has 2 rings (SSSR count). The van der Waals surface area contributed by atoms with Gasteiger partial charge in [0.2, 0.25) is 0 Å². The van der Waals surface area contributed by atoms with E-state index in [1.165, 1.54) is 6.20 Å². The average molecular weight is 274 g/mol. The highest BCUT2D eigenvalue weighted by atomic mass is 35.5. The van der Waals surface area contributed by atoms with Crippen molar-refractivity contribution in [1.82, 2.24) is 9.88 Å². The van der Waals surface area contributed by atoms with Gasteiger partial charge in [0, 0.05) is 24.1 Å². The van der Waals surface area contributed by atoms with Gasteiger partial charge in [0.05, 0.1) is 11.9 Å². The summed E-state index contributed by atoms with van der Waals surface area (Å²) in [5.41, 5.74) is 6.60. The number of amides is 1. The largest absolute Gasteiger partial charge is 0.397 e. The van der Waals surface area contributed by atoms with E-state index in [4.69, 9.17) is 5.73 Å². The number of nitrogens with zero attached hydrogens (tertiary/aromatic N) is 2. The molecule has 0 saturated carbocycles. The molecule has 6 heteroatoms. The zero-order valence-corrected chi connectivity index (χ0v) is 11.3. The molecule has 0 aliphatic carbocycles. The first-order chi connectivity index (χ1) is 7.68. The molecule has 1 saturated heterocycles. The minimum Gasteiger partial charge on any atom is -0.397 e. The van der Waals surface area contributed by atoms with Crippen molar-refractivity contribution in [3.63, 3.8) is 0 Å². The lowest BCUT2D eigenvalue weighted by atomic mass is 10.2. The molecule has 1 aromatic heterocycles. The Morgan fingerprint density at radius 2 is 2.35 bits per heavy atom. The highest BCUT2D eigenvalue weighted by molar-refractivity contribution is 7.99. The fraction of sp³-hybridized carbons (Fsp3) is 0.455. The van der Waals surface area contributed by atoms with E-state index in [0.29, 0.717) is 11.4 Å². The SMILES string of the molecule is CC1CSCCN1C(=O)c1ccc(N)cn1.Cl. The molecule has 0 aromatic carbocycles. The highest BCUT2D eigenvalue weighted by Gasteiger charge is 2.25. The number of hydrogen-bond donors (Lipinski definition) is 1. The Kier molecular flexibility index (Phi) is 5.08. The molecule has 1 aliphatic heterocycles. The van der Waals surface area contributed by atoms with Crippen molar-refractivity contribution in [3.05, 3.63) is 24.0 Å². The minimum absolute atomic E-state index is 0. The number of thioether (sulfide) groups is 1. The summed E-state index contributed by atoms with van der Waals surface area (Å²) in [4.78, 5) is 18.1. The van der Waals surface area contributed by atoms with E-state index >= 15 is 0 Å². The highest BCUT2D eigenvalue weighted by Crippen LogP contribution is 2.18. The number of aromatic nitrogens is 1. The van der Waals surface area contributed by atoms with Gasteiger partial charge in [-0.25, -0.2) is 4.98 Å². The maximum atomic E-state index is 12.1. The van der Waals surface area contributed by atoms with Gasteiger partial charge >= 0.3 is 0 Å². The number of carbonyl (C=O) groups excluding carboxylic acids is 1. The maximum Gasteiger partial charge on any atom is 0.272 e. The molecule has 1 fully saturated rings. The summed E-state index contributed by atoms with van der Waals surface area (Å²) in [5.74, 6) is 2.01. The normalized spacial score (nSPS) is 19.6. The molecule has 0 bridgehead atoms. The molecule has 1 unspecified atom stereocenters. The number of halogens is 1. The molecule has 0 spiro atoms. The smallest absolute Gasteiger partial charge is 0.272 e. The Hall–Kier alpha value is -0.940. The third-order valence-electron chi connectivity index (χ3n) is 2.63. The van der Waals surface area contributed by atoms with Crippen molar-refractivity contribution in [2.24, 2.45) is 0 Å². The average Bonchev–Trinajstić information content (AvgIpc) is 2.30. The third-order valence-corrected chi connectivity index (χ3v) is 3.82. The predicted molar refractivity (Wildman–Crippen MR) is 73.7 cm³/mol. The molecule has 1 amide bonds. The lowest BCUT2D eigenvalue weighted by Crippen LogP contribution is -2.44. The van der Waals surface area contributed by atoms with E-state index in [-0.39, 0.29) is 24.4 Å². The number of hydrogen-bond acceptors (Lipinski definition) is 4. The van der Waals surface area contributed by atoms with Crippen molar-refractivity contribution in [1.29, 1.82) is 0 Å². The summed E-state index contributed by atoms with van der Waals surface area (Å²) in [6.45, 7) is 2.87. The number of nitrogen functional groups attached to an aromatic ring is 1. The zero-order chi connectivity index (χ0) is 11.5. The van der Waals surface area contributed by atoms with Gasteiger partial charge in [-0.3, -0.25) is 4.79 Å². The second-order valence-electron chi connectivity index (χ2n) is 3.90. The molecule has 1 aromatic rings. The van der Waals surface area contributed by atoms with E-state index in [2.05, 4.69) is 11.9 Å². The van der Waals surface area contributed by atoms with Crippen LogP contribution in [0.5, 0.6) is 0 Å². The van der Waals surface area contributed by atoms with Crippen molar-refractivity contribution < 1.29 is 4.79 Å². The summed E-state index contributed by atoms with van der Waals surface area (Å²) in [5, 5.41) is 0. The summed E-state index contributed by atoms with van der Waals surface area (Å²) in [6, 6.07) is 3.68. The molecular formula is C11H16ClN3OS. The number of pyridine rings is 1. The van der Waals surface area contributed by atoms with Crippen LogP contribution in [0.4, 0.5) is 5.69 Å². The molecule has 17 heavy (non-hydrogen) atoms. The van der Waals surface area contributed by atoms with Gasteiger partial charge in [-0.1, -0.05) is 0 Å². The van der Waals surface area contributed by atoms with Gasteiger partial charge in [0.1, 0.15) is 5.69 Å². The summed E-state index contributed by atoms with van der Waals surface area (Å²) < 4.78 is 0. The van der Waals surface area contributed by atoms with Gasteiger partial charge in [-0.05, 0) is 19.1 Å². The Balaban J connectivity index is 0.00000144. The molecule has 1 aliphatic rings. The first-order valence-electron chi connectivity index (χ1n) is 5.28. The van der Waals surface area contributed by atoms with Gasteiger partial charge in [-0.15, -0.1) is 12.4 Å². The Bertz CT molecular complexity index is 385. The Labute approximate surface area is 111 Å².